The molecule has 1 aromatic carbocycles. The van der Waals surface area contributed by atoms with Crippen molar-refractivity contribution in [3.05, 3.63) is 29.6 Å². The zero-order chi connectivity index (χ0) is 15.2. The molecule has 2 rings (SSSR count). The lowest BCUT2D eigenvalue weighted by atomic mass is 10.2. The molecule has 0 atom stereocenters. The number of carboxylic acids is 1. The maximum atomic E-state index is 11.0. The van der Waals surface area contributed by atoms with Gasteiger partial charge in [0.15, 0.2) is 0 Å². The number of fused-ring (bicyclic) bond motifs is 1. The molecule has 0 spiro atoms. The highest BCUT2D eigenvalue weighted by Crippen LogP contribution is 2.18. The molecule has 0 fully saturated rings. The average Bonchev–Trinajstić information content (AvgIpc) is 2.84. The minimum atomic E-state index is -0.938. The van der Waals surface area contributed by atoms with Crippen molar-refractivity contribution in [2.24, 2.45) is 0 Å². The Labute approximate surface area is 123 Å². The van der Waals surface area contributed by atoms with E-state index in [-0.39, 0.29) is 5.56 Å². The fourth-order valence-corrected chi connectivity index (χ4v) is 2.23. The molecule has 0 unspecified atom stereocenters. The highest BCUT2D eigenvalue weighted by Gasteiger charge is 2.11. The molecule has 6 nitrogen and oxygen atoms in total. The van der Waals surface area contributed by atoms with E-state index in [1.54, 1.807) is 25.3 Å². The van der Waals surface area contributed by atoms with Gasteiger partial charge in [0, 0.05) is 20.1 Å². The van der Waals surface area contributed by atoms with Crippen molar-refractivity contribution in [2.45, 2.75) is 19.9 Å². The van der Waals surface area contributed by atoms with Crippen molar-refractivity contribution < 1.29 is 19.4 Å². The maximum Gasteiger partial charge on any atom is 0.335 e. The first kappa shape index (κ1) is 15.5. The lowest BCUT2D eigenvalue weighted by Gasteiger charge is -2.09. The number of aromatic nitrogens is 2. The monoisotopic (exact) mass is 292 g/mol. The first-order valence-corrected chi connectivity index (χ1v) is 6.96. The van der Waals surface area contributed by atoms with E-state index in [4.69, 9.17) is 14.6 Å². The van der Waals surface area contributed by atoms with Crippen molar-refractivity contribution in [1.29, 1.82) is 0 Å². The molecule has 6 heteroatoms. The molecular formula is C15H20N2O4. The summed E-state index contributed by atoms with van der Waals surface area (Å²) in [7, 11) is 1.64. The van der Waals surface area contributed by atoms with E-state index in [9.17, 15) is 4.79 Å². The van der Waals surface area contributed by atoms with Crippen LogP contribution in [-0.2, 0) is 22.4 Å². The van der Waals surface area contributed by atoms with E-state index >= 15 is 0 Å². The van der Waals surface area contributed by atoms with Gasteiger partial charge in [-0.1, -0.05) is 6.92 Å². The number of aryl methyl sites for hydroxylation is 1. The van der Waals surface area contributed by atoms with Crippen molar-refractivity contribution in [2.75, 3.05) is 26.9 Å². The topological polar surface area (TPSA) is 73.6 Å². The number of hydrogen-bond donors (Lipinski definition) is 1. The second kappa shape index (κ2) is 7.19. The quantitative estimate of drug-likeness (QED) is 0.753. The van der Waals surface area contributed by atoms with Crippen molar-refractivity contribution in [3.8, 4) is 0 Å². The third-order valence-electron chi connectivity index (χ3n) is 3.28. The molecule has 0 saturated carbocycles. The van der Waals surface area contributed by atoms with Gasteiger partial charge in [0.05, 0.1) is 36.4 Å². The molecule has 0 saturated heterocycles. The lowest BCUT2D eigenvalue weighted by Crippen LogP contribution is -2.11. The summed E-state index contributed by atoms with van der Waals surface area (Å²) < 4.78 is 12.5. The van der Waals surface area contributed by atoms with Gasteiger partial charge in [0.1, 0.15) is 5.82 Å². The Morgan fingerprint density at radius 3 is 2.81 bits per heavy atom. The number of imidazole rings is 1. The minimum Gasteiger partial charge on any atom is -0.478 e. The maximum absolute atomic E-state index is 11.0. The molecule has 1 heterocycles. The molecule has 0 amide bonds. The first-order chi connectivity index (χ1) is 10.2. The van der Waals surface area contributed by atoms with Crippen LogP contribution in [0.2, 0.25) is 0 Å². The molecule has 0 aliphatic heterocycles. The highest BCUT2D eigenvalue weighted by molar-refractivity contribution is 5.92. The zero-order valence-corrected chi connectivity index (χ0v) is 12.3. The van der Waals surface area contributed by atoms with Gasteiger partial charge in [-0.15, -0.1) is 0 Å². The molecule has 0 bridgehead atoms. The van der Waals surface area contributed by atoms with Crippen LogP contribution in [-0.4, -0.2) is 47.6 Å². The molecule has 0 radical (unpaired) electrons. The van der Waals surface area contributed by atoms with E-state index in [1.807, 2.05) is 6.92 Å². The average molecular weight is 292 g/mol. The van der Waals surface area contributed by atoms with Gasteiger partial charge in [-0.2, -0.15) is 0 Å². The van der Waals surface area contributed by atoms with Crippen LogP contribution in [0.25, 0.3) is 11.0 Å². The van der Waals surface area contributed by atoms with Gasteiger partial charge in [-0.25, -0.2) is 9.78 Å². The predicted octanol–water partition coefficient (Wildman–Crippen LogP) is 1.96. The fourth-order valence-electron chi connectivity index (χ4n) is 2.23. The zero-order valence-electron chi connectivity index (χ0n) is 12.3. The van der Waals surface area contributed by atoms with E-state index in [0.29, 0.717) is 31.9 Å². The molecule has 21 heavy (non-hydrogen) atoms. The molecular weight excluding hydrogens is 272 g/mol. The second-order valence-corrected chi connectivity index (χ2v) is 4.65. The first-order valence-electron chi connectivity index (χ1n) is 6.96. The van der Waals surface area contributed by atoms with Crippen molar-refractivity contribution in [1.82, 2.24) is 9.55 Å². The number of aromatic carboxylic acids is 1. The number of rotatable bonds is 8. The summed E-state index contributed by atoms with van der Waals surface area (Å²) in [5.41, 5.74) is 1.90. The van der Waals surface area contributed by atoms with Gasteiger partial charge in [-0.05, 0) is 18.2 Å². The minimum absolute atomic E-state index is 0.256. The number of ether oxygens (including phenoxy) is 2. The Balaban J connectivity index is 2.19. The summed E-state index contributed by atoms with van der Waals surface area (Å²) in [6.07, 6.45) is 0.787. The largest absolute Gasteiger partial charge is 0.478 e. The molecule has 114 valence electrons. The van der Waals surface area contributed by atoms with E-state index in [1.165, 1.54) is 0 Å². The molecule has 1 aromatic heterocycles. The van der Waals surface area contributed by atoms with Crippen molar-refractivity contribution in [3.63, 3.8) is 0 Å². The van der Waals surface area contributed by atoms with Gasteiger partial charge in [0.2, 0.25) is 0 Å². The van der Waals surface area contributed by atoms with Crippen LogP contribution in [0.3, 0.4) is 0 Å². The summed E-state index contributed by atoms with van der Waals surface area (Å²) in [5, 5.41) is 9.04. The van der Waals surface area contributed by atoms with Crippen LogP contribution in [0.4, 0.5) is 0 Å². The van der Waals surface area contributed by atoms with Crippen LogP contribution < -0.4 is 0 Å². The number of carbonyl (C=O) groups is 1. The fraction of sp³-hybridized carbons (Fsp3) is 0.467. The summed E-state index contributed by atoms with van der Waals surface area (Å²) in [6, 6.07) is 5.02. The van der Waals surface area contributed by atoms with E-state index < -0.39 is 5.97 Å². The number of benzene rings is 1. The molecule has 2 aromatic rings. The van der Waals surface area contributed by atoms with E-state index in [0.717, 1.165) is 17.8 Å². The van der Waals surface area contributed by atoms with Crippen LogP contribution >= 0.6 is 0 Å². The van der Waals surface area contributed by atoms with Crippen LogP contribution in [0.5, 0.6) is 0 Å². The summed E-state index contributed by atoms with van der Waals surface area (Å²) in [6.45, 7) is 4.43. The Morgan fingerprint density at radius 1 is 1.33 bits per heavy atom. The third kappa shape index (κ3) is 3.59. The number of hydrogen-bond acceptors (Lipinski definition) is 4. The van der Waals surface area contributed by atoms with E-state index in [2.05, 4.69) is 9.55 Å². The van der Waals surface area contributed by atoms with Gasteiger partial charge < -0.3 is 19.1 Å². The smallest absolute Gasteiger partial charge is 0.335 e. The van der Waals surface area contributed by atoms with Crippen molar-refractivity contribution >= 4 is 17.0 Å². The molecule has 0 aliphatic rings. The highest BCUT2D eigenvalue weighted by atomic mass is 16.5. The molecule has 0 aliphatic carbocycles. The summed E-state index contributed by atoms with van der Waals surface area (Å²) in [4.78, 5) is 15.5. The third-order valence-corrected chi connectivity index (χ3v) is 3.28. The normalized spacial score (nSPS) is 11.1. The van der Waals surface area contributed by atoms with Crippen LogP contribution in [0, 0.1) is 0 Å². The Kier molecular flexibility index (Phi) is 5.30. The van der Waals surface area contributed by atoms with Crippen LogP contribution in [0.15, 0.2) is 18.2 Å². The summed E-state index contributed by atoms with van der Waals surface area (Å²) >= 11 is 0. The Bertz CT molecular complexity index is 621. The number of nitrogens with zero attached hydrogens (tertiary/aromatic N) is 2. The molecule has 1 N–H and O–H groups in total. The standard InChI is InChI=1S/C15H20N2O4/c1-3-14-16-12-10-11(15(18)19)4-5-13(12)17(14)6-7-21-9-8-20-2/h4-5,10H,3,6-9H2,1-2H3,(H,18,19). The SMILES string of the molecule is CCc1nc2cc(C(=O)O)ccc2n1CCOCCOC. The lowest BCUT2D eigenvalue weighted by molar-refractivity contribution is 0.0667. The Morgan fingerprint density at radius 2 is 2.14 bits per heavy atom. The summed E-state index contributed by atoms with van der Waals surface area (Å²) in [5.74, 6) is -0.00437. The van der Waals surface area contributed by atoms with Gasteiger partial charge in [-0.3, -0.25) is 0 Å². The van der Waals surface area contributed by atoms with Gasteiger partial charge >= 0.3 is 5.97 Å². The second-order valence-electron chi connectivity index (χ2n) is 4.65. The number of carboxylic acid groups (broad SMARTS) is 1. The Hall–Kier alpha value is -1.92. The predicted molar refractivity (Wildman–Crippen MR) is 78.8 cm³/mol. The number of methoxy groups -OCH3 is 1. The van der Waals surface area contributed by atoms with Crippen LogP contribution in [0.1, 0.15) is 23.1 Å². The van der Waals surface area contributed by atoms with Gasteiger partial charge in [0.25, 0.3) is 0 Å².